The fraction of sp³-hybridized carbons (Fsp3) is 0.500. The van der Waals surface area contributed by atoms with Crippen molar-refractivity contribution in [3.8, 4) is 58.2 Å². The Kier molecular flexibility index (Phi) is 18.8. The van der Waals surface area contributed by atoms with Gasteiger partial charge in [0.1, 0.15) is 0 Å². The predicted molar refractivity (Wildman–Crippen MR) is 221 cm³/mol. The van der Waals surface area contributed by atoms with Crippen molar-refractivity contribution in [2.45, 2.75) is 38.5 Å². The van der Waals surface area contributed by atoms with Crippen molar-refractivity contribution >= 4 is 24.2 Å². The summed E-state index contributed by atoms with van der Waals surface area (Å²) in [5.41, 5.74) is 1.39. The first-order valence-corrected chi connectivity index (χ1v) is 18.8. The van der Waals surface area contributed by atoms with Gasteiger partial charge in [-0.3, -0.25) is 9.59 Å². The molecule has 2 fully saturated rings. The third kappa shape index (κ3) is 13.1. The third-order valence-corrected chi connectivity index (χ3v) is 10.2. The highest BCUT2D eigenvalue weighted by Crippen LogP contribution is 2.39. The lowest BCUT2D eigenvalue weighted by Gasteiger charge is -2.36. The smallest absolute Gasteiger partial charge is 0.247 e. The number of ether oxygens (including phenoxy) is 6. The van der Waals surface area contributed by atoms with Crippen molar-refractivity contribution in [2.24, 2.45) is 17.8 Å². The number of nitrogens with zero attached hydrogens (tertiary/aromatic N) is 3. The summed E-state index contributed by atoms with van der Waals surface area (Å²) >= 11 is 0. The van der Waals surface area contributed by atoms with Gasteiger partial charge in [-0.25, -0.2) is 0 Å². The molecule has 0 atom stereocenters. The van der Waals surface area contributed by atoms with E-state index in [0.717, 1.165) is 71.2 Å². The zero-order chi connectivity index (χ0) is 39.7. The highest BCUT2D eigenvalue weighted by atomic mass is 35.5. The fourth-order valence-electron chi connectivity index (χ4n) is 7.48. The van der Waals surface area contributed by atoms with Gasteiger partial charge >= 0.3 is 0 Å². The fourth-order valence-corrected chi connectivity index (χ4v) is 7.48. The van der Waals surface area contributed by atoms with Crippen molar-refractivity contribution in [2.75, 3.05) is 89.5 Å². The summed E-state index contributed by atoms with van der Waals surface area (Å²) in [6, 6.07) is 7.12. The van der Waals surface area contributed by atoms with Crippen LogP contribution in [0.2, 0.25) is 0 Å². The molecule has 0 saturated carbocycles. The number of amides is 2. The Morgan fingerprint density at radius 3 is 1.27 bits per heavy atom. The SMILES string of the molecule is COc1cc(C#CC=CC(=O)N2CCC(CC(CC3CCN(C(=O)C=CC#Cc4cc(OC)c(OC)c(OC)c4)CC3)CN(C)C)CC2)cc(OC)c1OC.Cl. The molecule has 0 spiro atoms. The average Bonchev–Trinajstić information content (AvgIpc) is 3.20. The van der Waals surface area contributed by atoms with Gasteiger partial charge in [0.15, 0.2) is 23.0 Å². The minimum Gasteiger partial charge on any atom is -0.493 e. The van der Waals surface area contributed by atoms with Crippen LogP contribution in [-0.4, -0.2) is 116 Å². The van der Waals surface area contributed by atoms with Crippen LogP contribution in [-0.2, 0) is 9.59 Å². The molecule has 56 heavy (non-hydrogen) atoms. The van der Waals surface area contributed by atoms with Crippen molar-refractivity contribution in [3.63, 3.8) is 0 Å². The maximum absolute atomic E-state index is 13.0. The molecule has 12 heteroatoms. The number of carbonyl (C=O) groups is 2. The van der Waals surface area contributed by atoms with Gasteiger partial charge in [0, 0.05) is 56.0 Å². The normalized spacial score (nSPS) is 15.3. The topological polar surface area (TPSA) is 99.2 Å². The van der Waals surface area contributed by atoms with Crippen LogP contribution in [0.1, 0.15) is 49.7 Å². The Balaban J connectivity index is 0.00000841. The summed E-state index contributed by atoms with van der Waals surface area (Å²) in [5.74, 6) is 16.9. The molecule has 304 valence electrons. The van der Waals surface area contributed by atoms with E-state index in [1.807, 2.05) is 9.80 Å². The Labute approximate surface area is 339 Å². The number of likely N-dealkylation sites (tertiary alicyclic amines) is 2. The van der Waals surface area contributed by atoms with E-state index in [-0.39, 0.29) is 24.2 Å². The first-order chi connectivity index (χ1) is 26.6. The van der Waals surface area contributed by atoms with Crippen molar-refractivity contribution in [1.29, 1.82) is 0 Å². The molecule has 0 unspecified atom stereocenters. The monoisotopic (exact) mass is 791 g/mol. The maximum atomic E-state index is 13.0. The van der Waals surface area contributed by atoms with Gasteiger partial charge in [-0.15, -0.1) is 12.4 Å². The molecule has 2 heterocycles. The summed E-state index contributed by atoms with van der Waals surface area (Å²) in [6.07, 6.45) is 12.6. The van der Waals surface area contributed by atoms with Crippen LogP contribution in [0.15, 0.2) is 48.6 Å². The maximum Gasteiger partial charge on any atom is 0.247 e. The molecule has 2 amide bonds. The van der Waals surface area contributed by atoms with Crippen LogP contribution in [0.4, 0.5) is 0 Å². The number of hydrogen-bond donors (Lipinski definition) is 0. The van der Waals surface area contributed by atoms with E-state index in [1.54, 1.807) is 91.2 Å². The van der Waals surface area contributed by atoms with Gasteiger partial charge in [0.2, 0.25) is 23.3 Å². The number of carbonyl (C=O) groups excluding carboxylic acids is 2. The number of rotatable bonds is 14. The standard InChI is InChI=1S/C44H57N3O8.ClH/c1-45(2)31-36(25-32-17-21-46(22-18-32)41(48)15-11-9-13-34-27-37(50-3)43(54-7)38(28-34)51-4)26-33-19-23-47(24-20-33)42(49)16-12-10-14-35-29-39(52-5)44(55-8)40(30-35)53-6;/h11-12,15-16,27-30,32-33,36H,17-26,31H2,1-8H3;1H. The van der Waals surface area contributed by atoms with E-state index in [0.29, 0.717) is 63.4 Å². The zero-order valence-electron chi connectivity index (χ0n) is 34.1. The van der Waals surface area contributed by atoms with Crippen LogP contribution in [0.3, 0.4) is 0 Å². The molecule has 0 radical (unpaired) electrons. The largest absolute Gasteiger partial charge is 0.493 e. The molecule has 0 bridgehead atoms. The molecule has 2 aliphatic rings. The number of hydrogen-bond acceptors (Lipinski definition) is 9. The number of piperidine rings is 2. The first-order valence-electron chi connectivity index (χ1n) is 18.8. The second kappa shape index (κ2) is 23.2. The minimum atomic E-state index is -0.00995. The Morgan fingerprint density at radius 2 is 0.982 bits per heavy atom. The van der Waals surface area contributed by atoms with Crippen molar-refractivity contribution in [3.05, 3.63) is 59.7 Å². The number of methoxy groups -OCH3 is 6. The van der Waals surface area contributed by atoms with E-state index in [1.165, 1.54) is 0 Å². The molecule has 11 nitrogen and oxygen atoms in total. The average molecular weight is 792 g/mol. The van der Waals surface area contributed by atoms with E-state index in [4.69, 9.17) is 28.4 Å². The summed E-state index contributed by atoms with van der Waals surface area (Å²) in [5, 5.41) is 0. The Hall–Kier alpha value is -4.97. The summed E-state index contributed by atoms with van der Waals surface area (Å²) < 4.78 is 32.4. The van der Waals surface area contributed by atoms with Crippen molar-refractivity contribution in [1.82, 2.24) is 14.7 Å². The molecular formula is C44H58ClN3O8. The lowest BCUT2D eigenvalue weighted by molar-refractivity contribution is -0.128. The summed E-state index contributed by atoms with van der Waals surface area (Å²) in [6.45, 7) is 4.06. The Morgan fingerprint density at radius 1 is 0.643 bits per heavy atom. The van der Waals surface area contributed by atoms with Crippen LogP contribution >= 0.6 is 12.4 Å². The quantitative estimate of drug-likeness (QED) is 0.166. The number of allylic oxidation sites excluding steroid dienone is 2. The van der Waals surface area contributed by atoms with E-state index in [2.05, 4.69) is 42.7 Å². The molecule has 2 saturated heterocycles. The Bertz CT molecular complexity index is 1610. The molecule has 2 aromatic rings. The molecule has 2 aromatic carbocycles. The van der Waals surface area contributed by atoms with E-state index >= 15 is 0 Å². The highest BCUT2D eigenvalue weighted by Gasteiger charge is 2.28. The van der Waals surface area contributed by atoms with Crippen LogP contribution < -0.4 is 28.4 Å². The molecule has 4 rings (SSSR count). The number of benzene rings is 2. The van der Waals surface area contributed by atoms with Crippen molar-refractivity contribution < 1.29 is 38.0 Å². The third-order valence-electron chi connectivity index (χ3n) is 10.2. The van der Waals surface area contributed by atoms with Crippen LogP contribution in [0.25, 0.3) is 0 Å². The molecule has 0 aromatic heterocycles. The molecular weight excluding hydrogens is 734 g/mol. The molecule has 0 N–H and O–H groups in total. The van der Waals surface area contributed by atoms with E-state index < -0.39 is 0 Å². The number of halogens is 1. The minimum absolute atomic E-state index is 0. The lowest BCUT2D eigenvalue weighted by Crippen LogP contribution is -2.39. The van der Waals surface area contributed by atoms with Gasteiger partial charge in [0.05, 0.1) is 42.7 Å². The second-order valence-electron chi connectivity index (χ2n) is 14.2. The van der Waals surface area contributed by atoms with Gasteiger partial charge < -0.3 is 43.1 Å². The van der Waals surface area contributed by atoms with Gasteiger partial charge in [-0.05, 0) is 107 Å². The second-order valence-corrected chi connectivity index (χ2v) is 14.2. The highest BCUT2D eigenvalue weighted by molar-refractivity contribution is 5.88. The summed E-state index contributed by atoms with van der Waals surface area (Å²) in [7, 11) is 13.7. The van der Waals surface area contributed by atoms with Gasteiger partial charge in [-0.2, -0.15) is 0 Å². The van der Waals surface area contributed by atoms with E-state index in [9.17, 15) is 9.59 Å². The van der Waals surface area contributed by atoms with Gasteiger partial charge in [-0.1, -0.05) is 23.7 Å². The van der Waals surface area contributed by atoms with Crippen LogP contribution in [0, 0.1) is 41.4 Å². The summed E-state index contributed by atoms with van der Waals surface area (Å²) in [4.78, 5) is 32.1. The first kappa shape index (κ1) is 45.4. The lowest BCUT2D eigenvalue weighted by atomic mass is 9.80. The van der Waals surface area contributed by atoms with Gasteiger partial charge in [0.25, 0.3) is 0 Å². The molecule has 0 aliphatic carbocycles. The molecule has 2 aliphatic heterocycles. The van der Waals surface area contributed by atoms with Crippen LogP contribution in [0.5, 0.6) is 34.5 Å². The zero-order valence-corrected chi connectivity index (χ0v) is 35.0. The predicted octanol–water partition coefficient (Wildman–Crippen LogP) is 6.11.